The van der Waals surface area contributed by atoms with E-state index < -0.39 is 0 Å². The van der Waals surface area contributed by atoms with Gasteiger partial charge in [0.25, 0.3) is 0 Å². The molecule has 0 aliphatic heterocycles. The highest BCUT2D eigenvalue weighted by Crippen LogP contribution is 2.21. The third-order valence-electron chi connectivity index (χ3n) is 1.76. The van der Waals surface area contributed by atoms with E-state index in [0.717, 1.165) is 0 Å². The molecule has 2 heteroatoms. The van der Waals surface area contributed by atoms with Crippen LogP contribution in [0.2, 0.25) is 0 Å². The SMILES string of the molecule is C=CC(C)c1cc(I)cc(I)c1. The van der Waals surface area contributed by atoms with Gasteiger partial charge < -0.3 is 0 Å². The molecule has 0 aromatic heterocycles. The number of rotatable bonds is 2. The van der Waals surface area contributed by atoms with Crippen LogP contribution in [0.5, 0.6) is 0 Å². The van der Waals surface area contributed by atoms with Crippen LogP contribution < -0.4 is 0 Å². The second kappa shape index (κ2) is 4.60. The van der Waals surface area contributed by atoms with Gasteiger partial charge in [-0.1, -0.05) is 13.0 Å². The fourth-order valence-electron chi connectivity index (χ4n) is 0.974. The zero-order chi connectivity index (χ0) is 9.14. The lowest BCUT2D eigenvalue weighted by atomic mass is 10.0. The van der Waals surface area contributed by atoms with Crippen LogP contribution in [-0.2, 0) is 0 Å². The minimum absolute atomic E-state index is 0.452. The van der Waals surface area contributed by atoms with Crippen molar-refractivity contribution in [2.24, 2.45) is 0 Å². The van der Waals surface area contributed by atoms with Crippen molar-refractivity contribution in [2.75, 3.05) is 0 Å². The number of allylic oxidation sites excluding steroid dienone is 1. The Kier molecular flexibility index (Phi) is 4.02. The molecule has 0 N–H and O–H groups in total. The minimum atomic E-state index is 0.452. The highest BCUT2D eigenvalue weighted by atomic mass is 127. The normalized spacial score (nSPS) is 12.6. The average molecular weight is 384 g/mol. The molecule has 0 aliphatic carbocycles. The molecular weight excluding hydrogens is 374 g/mol. The van der Waals surface area contributed by atoms with Gasteiger partial charge in [0.15, 0.2) is 0 Å². The fourth-order valence-corrected chi connectivity index (χ4v) is 2.96. The number of benzene rings is 1. The number of hydrogen-bond donors (Lipinski definition) is 0. The molecule has 64 valence electrons. The first-order valence-electron chi connectivity index (χ1n) is 3.72. The maximum atomic E-state index is 3.79. The van der Waals surface area contributed by atoms with Crippen LogP contribution in [0.3, 0.4) is 0 Å². The first-order valence-corrected chi connectivity index (χ1v) is 5.88. The highest BCUT2D eigenvalue weighted by Gasteiger charge is 2.02. The van der Waals surface area contributed by atoms with E-state index in [4.69, 9.17) is 0 Å². The van der Waals surface area contributed by atoms with Crippen molar-refractivity contribution in [1.29, 1.82) is 0 Å². The molecule has 0 bridgehead atoms. The zero-order valence-electron chi connectivity index (χ0n) is 6.85. The Morgan fingerprint density at radius 3 is 2.17 bits per heavy atom. The van der Waals surface area contributed by atoms with E-state index in [2.05, 4.69) is 76.9 Å². The van der Waals surface area contributed by atoms with Crippen LogP contribution in [-0.4, -0.2) is 0 Å². The summed E-state index contributed by atoms with van der Waals surface area (Å²) < 4.78 is 2.59. The Balaban J connectivity index is 3.08. The lowest BCUT2D eigenvalue weighted by molar-refractivity contribution is 0.968. The van der Waals surface area contributed by atoms with Crippen molar-refractivity contribution in [2.45, 2.75) is 12.8 Å². The van der Waals surface area contributed by atoms with E-state index in [-0.39, 0.29) is 0 Å². The Morgan fingerprint density at radius 2 is 1.75 bits per heavy atom. The van der Waals surface area contributed by atoms with E-state index in [0.29, 0.717) is 5.92 Å². The van der Waals surface area contributed by atoms with Crippen molar-refractivity contribution in [3.8, 4) is 0 Å². The molecule has 0 fully saturated rings. The molecule has 0 saturated carbocycles. The molecule has 0 spiro atoms. The maximum Gasteiger partial charge on any atom is 0.0143 e. The van der Waals surface area contributed by atoms with Gasteiger partial charge in [0.2, 0.25) is 0 Å². The second-order valence-corrected chi connectivity index (χ2v) is 5.22. The molecule has 1 aromatic carbocycles. The minimum Gasteiger partial charge on any atom is -0.102 e. The molecule has 0 nitrogen and oxygen atoms in total. The topological polar surface area (TPSA) is 0 Å². The van der Waals surface area contributed by atoms with Gasteiger partial charge in [-0.3, -0.25) is 0 Å². The zero-order valence-corrected chi connectivity index (χ0v) is 11.2. The molecule has 1 rings (SSSR count). The van der Waals surface area contributed by atoms with Gasteiger partial charge >= 0.3 is 0 Å². The number of hydrogen-bond acceptors (Lipinski definition) is 0. The molecule has 0 saturated heterocycles. The fraction of sp³-hybridized carbons (Fsp3) is 0.200. The molecule has 1 atom stereocenters. The lowest BCUT2D eigenvalue weighted by Crippen LogP contribution is -1.90. The van der Waals surface area contributed by atoms with Crippen molar-refractivity contribution < 1.29 is 0 Å². The van der Waals surface area contributed by atoms with Gasteiger partial charge in [0.05, 0.1) is 0 Å². The van der Waals surface area contributed by atoms with Crippen LogP contribution in [0, 0.1) is 7.14 Å². The summed E-state index contributed by atoms with van der Waals surface area (Å²) in [6.07, 6.45) is 1.97. The first-order chi connectivity index (χ1) is 5.63. The molecule has 1 aromatic rings. The molecule has 1 unspecified atom stereocenters. The molecule has 12 heavy (non-hydrogen) atoms. The van der Waals surface area contributed by atoms with E-state index in [9.17, 15) is 0 Å². The summed E-state index contributed by atoms with van der Waals surface area (Å²) in [5.41, 5.74) is 1.35. The Labute approximate surface area is 101 Å². The summed E-state index contributed by atoms with van der Waals surface area (Å²) in [6.45, 7) is 5.95. The number of halogens is 2. The van der Waals surface area contributed by atoms with Crippen LogP contribution in [0.1, 0.15) is 18.4 Å². The summed E-state index contributed by atoms with van der Waals surface area (Å²) in [7, 11) is 0. The third-order valence-corrected chi connectivity index (χ3v) is 3.01. The van der Waals surface area contributed by atoms with Crippen LogP contribution in [0.25, 0.3) is 0 Å². The van der Waals surface area contributed by atoms with Crippen molar-refractivity contribution >= 4 is 45.2 Å². The van der Waals surface area contributed by atoms with E-state index >= 15 is 0 Å². The third kappa shape index (κ3) is 2.73. The maximum absolute atomic E-state index is 3.79. The summed E-state index contributed by atoms with van der Waals surface area (Å²) in [5, 5.41) is 0. The van der Waals surface area contributed by atoms with Crippen LogP contribution >= 0.6 is 45.2 Å². The van der Waals surface area contributed by atoms with E-state index in [1.54, 1.807) is 0 Å². The monoisotopic (exact) mass is 384 g/mol. The quantitative estimate of drug-likeness (QED) is 0.530. The largest absolute Gasteiger partial charge is 0.102 e. The Morgan fingerprint density at radius 1 is 1.25 bits per heavy atom. The van der Waals surface area contributed by atoms with Gasteiger partial charge in [-0.25, -0.2) is 0 Å². The second-order valence-electron chi connectivity index (χ2n) is 2.73. The molecule has 0 heterocycles. The van der Waals surface area contributed by atoms with Crippen molar-refractivity contribution in [1.82, 2.24) is 0 Å². The molecule has 0 aliphatic rings. The predicted molar refractivity (Wildman–Crippen MR) is 70.5 cm³/mol. The Bertz CT molecular complexity index is 272. The van der Waals surface area contributed by atoms with Gasteiger partial charge in [-0.05, 0) is 74.9 Å². The summed E-state index contributed by atoms with van der Waals surface area (Å²) >= 11 is 4.68. The van der Waals surface area contributed by atoms with Gasteiger partial charge in [0, 0.05) is 7.14 Å². The van der Waals surface area contributed by atoms with E-state index in [1.165, 1.54) is 12.7 Å². The first kappa shape index (κ1) is 10.5. The van der Waals surface area contributed by atoms with Crippen LogP contribution in [0.4, 0.5) is 0 Å². The summed E-state index contributed by atoms with van der Waals surface area (Å²) in [6, 6.07) is 6.57. The lowest BCUT2D eigenvalue weighted by Gasteiger charge is -2.07. The Hall–Kier alpha value is 0.420. The highest BCUT2D eigenvalue weighted by molar-refractivity contribution is 14.1. The van der Waals surface area contributed by atoms with Crippen molar-refractivity contribution in [3.63, 3.8) is 0 Å². The molecular formula is C10H10I2. The average Bonchev–Trinajstić information content (AvgIpc) is 2.01. The standard InChI is InChI=1S/C10H10I2/c1-3-7(2)8-4-9(11)6-10(12)5-8/h3-7H,1H2,2H3. The smallest absolute Gasteiger partial charge is 0.0143 e. The predicted octanol–water partition coefficient (Wildman–Crippen LogP) is 4.19. The molecule has 0 amide bonds. The van der Waals surface area contributed by atoms with Gasteiger partial charge in [-0.2, -0.15) is 0 Å². The van der Waals surface area contributed by atoms with E-state index in [1.807, 2.05) is 6.08 Å². The summed E-state index contributed by atoms with van der Waals surface area (Å²) in [5.74, 6) is 0.452. The van der Waals surface area contributed by atoms with Gasteiger partial charge in [0.1, 0.15) is 0 Å². The molecule has 0 radical (unpaired) electrons. The summed E-state index contributed by atoms with van der Waals surface area (Å²) in [4.78, 5) is 0. The van der Waals surface area contributed by atoms with Crippen molar-refractivity contribution in [3.05, 3.63) is 43.6 Å². The van der Waals surface area contributed by atoms with Crippen LogP contribution in [0.15, 0.2) is 30.9 Å². The van der Waals surface area contributed by atoms with Gasteiger partial charge in [-0.15, -0.1) is 6.58 Å².